The summed E-state index contributed by atoms with van der Waals surface area (Å²) in [7, 11) is 3.07. The molecule has 0 bridgehead atoms. The normalized spacial score (nSPS) is 15.9. The zero-order chi connectivity index (χ0) is 35.0. The van der Waals surface area contributed by atoms with Gasteiger partial charge in [0.1, 0.15) is 10.9 Å². The van der Waals surface area contributed by atoms with E-state index in [0.717, 1.165) is 60.3 Å². The zero-order valence-corrected chi connectivity index (χ0v) is 29.5. The fourth-order valence-corrected chi connectivity index (χ4v) is 7.16. The Hall–Kier alpha value is -4.62. The summed E-state index contributed by atoms with van der Waals surface area (Å²) in [6, 6.07) is 22.9. The number of carbonyl (C=O) groups excluding carboxylic acids is 1. The van der Waals surface area contributed by atoms with Crippen LogP contribution in [0.1, 0.15) is 22.3 Å². The number of hydrogen-bond acceptors (Lipinski definition) is 10. The Kier molecular flexibility index (Phi) is 11.5. The van der Waals surface area contributed by atoms with Crippen molar-refractivity contribution in [2.45, 2.75) is 6.42 Å². The highest BCUT2D eigenvalue weighted by Gasteiger charge is 2.32. The summed E-state index contributed by atoms with van der Waals surface area (Å²) in [5.74, 6) is 0.737. The SMILES string of the molecule is COc1cc(C(=O)O)ccc1OCCCN1C(=O)/C(=C/c2cc(OC)c(OCCN3CCOCC3)c(-c3ccc4ccccc4c3)c2)SC1=S. The maximum absolute atomic E-state index is 13.6. The van der Waals surface area contributed by atoms with Gasteiger partial charge in [-0.15, -0.1) is 0 Å². The van der Waals surface area contributed by atoms with Gasteiger partial charge in [-0.1, -0.05) is 60.4 Å². The molecule has 260 valence electrons. The summed E-state index contributed by atoms with van der Waals surface area (Å²) in [6.45, 7) is 5.08. The second kappa shape index (κ2) is 16.4. The van der Waals surface area contributed by atoms with Crippen LogP contribution in [0, 0.1) is 0 Å². The molecule has 2 saturated heterocycles. The van der Waals surface area contributed by atoms with Crippen LogP contribution in [0.4, 0.5) is 0 Å². The van der Waals surface area contributed by atoms with E-state index in [4.69, 9.17) is 35.9 Å². The topological polar surface area (TPSA) is 107 Å². The van der Waals surface area contributed by atoms with Gasteiger partial charge < -0.3 is 28.8 Å². The van der Waals surface area contributed by atoms with Crippen LogP contribution < -0.4 is 18.9 Å². The van der Waals surface area contributed by atoms with Crippen LogP contribution in [-0.4, -0.2) is 97.9 Å². The Balaban J connectivity index is 1.20. The predicted octanol–water partition coefficient (Wildman–Crippen LogP) is 6.60. The van der Waals surface area contributed by atoms with Gasteiger partial charge in [0, 0.05) is 31.7 Å². The third-order valence-corrected chi connectivity index (χ3v) is 9.86. The zero-order valence-electron chi connectivity index (χ0n) is 27.9. The average molecular weight is 715 g/mol. The van der Waals surface area contributed by atoms with Crippen molar-refractivity contribution in [1.29, 1.82) is 0 Å². The molecule has 10 nitrogen and oxygen atoms in total. The van der Waals surface area contributed by atoms with Gasteiger partial charge in [0.15, 0.2) is 23.0 Å². The highest BCUT2D eigenvalue weighted by atomic mass is 32.2. The van der Waals surface area contributed by atoms with Crippen molar-refractivity contribution in [2.24, 2.45) is 0 Å². The van der Waals surface area contributed by atoms with E-state index in [0.29, 0.717) is 51.8 Å². The molecule has 6 rings (SSSR count). The van der Waals surface area contributed by atoms with Crippen molar-refractivity contribution in [3.8, 4) is 34.1 Å². The van der Waals surface area contributed by atoms with Crippen molar-refractivity contribution >= 4 is 57.0 Å². The third-order valence-electron chi connectivity index (χ3n) is 8.48. The molecule has 4 aromatic carbocycles. The number of thioether (sulfide) groups is 1. The average Bonchev–Trinajstić information content (AvgIpc) is 3.40. The molecule has 2 aliphatic rings. The first-order chi connectivity index (χ1) is 24.3. The molecule has 12 heteroatoms. The minimum Gasteiger partial charge on any atom is -0.493 e. The number of aromatic carboxylic acids is 1. The molecule has 0 saturated carbocycles. The number of fused-ring (bicyclic) bond motifs is 1. The van der Waals surface area contributed by atoms with Gasteiger partial charge in [0.2, 0.25) is 0 Å². The van der Waals surface area contributed by atoms with Gasteiger partial charge in [0.05, 0.1) is 44.5 Å². The molecule has 0 aromatic heterocycles. The van der Waals surface area contributed by atoms with Gasteiger partial charge in [-0.2, -0.15) is 0 Å². The van der Waals surface area contributed by atoms with Gasteiger partial charge in [-0.05, 0) is 70.8 Å². The second-order valence-electron chi connectivity index (χ2n) is 11.7. The number of nitrogens with zero attached hydrogens (tertiary/aromatic N) is 2. The summed E-state index contributed by atoms with van der Waals surface area (Å²) in [5.41, 5.74) is 2.72. The second-order valence-corrected chi connectivity index (χ2v) is 13.3. The molecule has 2 aliphatic heterocycles. The first kappa shape index (κ1) is 35.2. The minimum absolute atomic E-state index is 0.103. The number of amides is 1. The maximum Gasteiger partial charge on any atom is 0.335 e. The van der Waals surface area contributed by atoms with E-state index in [-0.39, 0.29) is 18.1 Å². The largest absolute Gasteiger partial charge is 0.493 e. The van der Waals surface area contributed by atoms with Gasteiger partial charge in [0.25, 0.3) is 5.91 Å². The summed E-state index contributed by atoms with van der Waals surface area (Å²) in [6.07, 6.45) is 2.34. The Morgan fingerprint density at radius 2 is 1.68 bits per heavy atom. The van der Waals surface area contributed by atoms with Crippen molar-refractivity contribution in [1.82, 2.24) is 9.80 Å². The van der Waals surface area contributed by atoms with Crippen LogP contribution in [-0.2, 0) is 9.53 Å². The van der Waals surface area contributed by atoms with Crippen LogP contribution in [0.5, 0.6) is 23.0 Å². The molecule has 50 heavy (non-hydrogen) atoms. The lowest BCUT2D eigenvalue weighted by molar-refractivity contribution is -0.122. The van der Waals surface area contributed by atoms with E-state index in [9.17, 15) is 14.7 Å². The molecule has 1 amide bonds. The van der Waals surface area contributed by atoms with Crippen LogP contribution in [0.25, 0.3) is 28.0 Å². The molecular formula is C38H38N2O8S2. The molecule has 0 spiro atoms. The molecule has 0 radical (unpaired) electrons. The lowest BCUT2D eigenvalue weighted by Crippen LogP contribution is -2.38. The number of thiocarbonyl (C=S) groups is 1. The third kappa shape index (κ3) is 8.22. The lowest BCUT2D eigenvalue weighted by atomic mass is 9.98. The summed E-state index contributed by atoms with van der Waals surface area (Å²) < 4.78 is 29.4. The highest BCUT2D eigenvalue weighted by molar-refractivity contribution is 8.26. The highest BCUT2D eigenvalue weighted by Crippen LogP contribution is 2.42. The number of carboxylic acids is 1. The molecule has 2 fully saturated rings. The number of morpholine rings is 1. The fraction of sp³-hybridized carbons (Fsp3) is 0.289. The van der Waals surface area contributed by atoms with E-state index in [1.807, 2.05) is 30.3 Å². The van der Waals surface area contributed by atoms with Crippen LogP contribution in [0.15, 0.2) is 77.7 Å². The van der Waals surface area contributed by atoms with Gasteiger partial charge in [-0.3, -0.25) is 14.6 Å². The van der Waals surface area contributed by atoms with Crippen molar-refractivity contribution < 1.29 is 38.4 Å². The van der Waals surface area contributed by atoms with Crippen LogP contribution in [0.2, 0.25) is 0 Å². The number of ether oxygens (including phenoxy) is 5. The van der Waals surface area contributed by atoms with E-state index in [2.05, 4.69) is 35.2 Å². The Morgan fingerprint density at radius 1 is 0.900 bits per heavy atom. The van der Waals surface area contributed by atoms with Gasteiger partial charge >= 0.3 is 5.97 Å². The van der Waals surface area contributed by atoms with E-state index >= 15 is 0 Å². The number of methoxy groups -OCH3 is 2. The molecule has 2 heterocycles. The number of hydrogen-bond donors (Lipinski definition) is 1. The van der Waals surface area contributed by atoms with Crippen molar-refractivity contribution in [2.75, 3.05) is 66.8 Å². The monoisotopic (exact) mass is 714 g/mol. The standard InChI is InChI=1S/C38H38N2O8S2/c1-44-32-24-29(37(42)43)10-11-31(32)47-16-5-12-40-36(41)34(50-38(40)49)22-25-20-30(28-9-8-26-6-3-4-7-27(26)23-28)35(33(21-25)45-2)48-19-15-39-13-17-46-18-14-39/h3-4,6-11,20-24H,5,12-19H2,1-2H3,(H,42,43)/b34-22-. The summed E-state index contributed by atoms with van der Waals surface area (Å²) in [4.78, 5) is 29.3. The van der Waals surface area contributed by atoms with Crippen LogP contribution in [0.3, 0.4) is 0 Å². The number of carboxylic acid groups (broad SMARTS) is 1. The molecular weight excluding hydrogens is 677 g/mol. The summed E-state index contributed by atoms with van der Waals surface area (Å²) >= 11 is 6.86. The molecule has 4 aromatic rings. The first-order valence-electron chi connectivity index (χ1n) is 16.3. The summed E-state index contributed by atoms with van der Waals surface area (Å²) in [5, 5.41) is 11.5. The molecule has 0 unspecified atom stereocenters. The Labute approximate surface area is 300 Å². The minimum atomic E-state index is -1.05. The number of rotatable bonds is 14. The van der Waals surface area contributed by atoms with E-state index < -0.39 is 5.97 Å². The number of carbonyl (C=O) groups is 2. The predicted molar refractivity (Wildman–Crippen MR) is 199 cm³/mol. The Bertz CT molecular complexity index is 1920. The quantitative estimate of drug-likeness (QED) is 0.0868. The fourth-order valence-electron chi connectivity index (χ4n) is 5.85. The Morgan fingerprint density at radius 3 is 2.44 bits per heavy atom. The molecule has 0 aliphatic carbocycles. The molecule has 1 N–H and O–H groups in total. The molecule has 0 atom stereocenters. The lowest BCUT2D eigenvalue weighted by Gasteiger charge is -2.26. The number of benzene rings is 4. The maximum atomic E-state index is 13.6. The smallest absolute Gasteiger partial charge is 0.335 e. The van der Waals surface area contributed by atoms with Crippen molar-refractivity contribution in [3.05, 3.63) is 88.8 Å². The van der Waals surface area contributed by atoms with E-state index in [1.54, 1.807) is 18.1 Å². The van der Waals surface area contributed by atoms with Gasteiger partial charge in [-0.25, -0.2) is 4.79 Å². The van der Waals surface area contributed by atoms with Crippen molar-refractivity contribution in [3.63, 3.8) is 0 Å². The van der Waals surface area contributed by atoms with Crippen LogP contribution >= 0.6 is 24.0 Å². The first-order valence-corrected chi connectivity index (χ1v) is 17.5. The van der Waals surface area contributed by atoms with E-state index in [1.165, 1.54) is 31.0 Å².